The highest BCUT2D eigenvalue weighted by Crippen LogP contribution is 2.48. The van der Waals surface area contributed by atoms with Crippen molar-refractivity contribution < 1.29 is 8.78 Å². The molecule has 1 aliphatic rings. The van der Waals surface area contributed by atoms with Gasteiger partial charge in [0.2, 0.25) is 0 Å². The molecule has 0 atom stereocenters. The molecule has 70 valence electrons. The minimum absolute atomic E-state index is 0.0828. The number of rotatable bonds is 2. The summed E-state index contributed by atoms with van der Waals surface area (Å²) < 4.78 is 26.8. The van der Waals surface area contributed by atoms with E-state index < -0.39 is 11.8 Å². The van der Waals surface area contributed by atoms with Crippen molar-refractivity contribution in [3.63, 3.8) is 0 Å². The maximum absolute atomic E-state index is 13.4. The molecule has 1 aromatic heterocycles. The van der Waals surface area contributed by atoms with Gasteiger partial charge >= 0.3 is 0 Å². The number of alkyl halides is 2. The Hall–Kier alpha value is -0.990. The molecule has 13 heavy (non-hydrogen) atoms. The third kappa shape index (κ3) is 1.55. The zero-order chi connectivity index (χ0) is 9.47. The van der Waals surface area contributed by atoms with E-state index in [0.29, 0.717) is 12.8 Å². The van der Waals surface area contributed by atoms with Crippen molar-refractivity contribution >= 4 is 0 Å². The van der Waals surface area contributed by atoms with Crippen molar-refractivity contribution in [3.05, 3.63) is 29.6 Å². The van der Waals surface area contributed by atoms with Crippen LogP contribution in [0.25, 0.3) is 0 Å². The monoisotopic (exact) mass is 183 g/mol. The van der Waals surface area contributed by atoms with Crippen LogP contribution in [0.5, 0.6) is 0 Å². The van der Waals surface area contributed by atoms with Crippen molar-refractivity contribution in [2.24, 2.45) is 5.92 Å². The van der Waals surface area contributed by atoms with E-state index >= 15 is 0 Å². The summed E-state index contributed by atoms with van der Waals surface area (Å²) in [6, 6.07) is 3.10. The lowest BCUT2D eigenvalue weighted by atomic mass is 10.1. The average Bonchev–Trinajstić information content (AvgIpc) is 2.87. The maximum Gasteiger partial charge on any atom is 0.292 e. The normalized spacial score (nSPS) is 17.5. The van der Waals surface area contributed by atoms with Crippen LogP contribution < -0.4 is 0 Å². The third-order valence-corrected chi connectivity index (χ3v) is 2.34. The molecule has 1 aromatic rings. The number of hydrogen-bond donors (Lipinski definition) is 0. The number of nitrogens with zero attached hydrogens (tertiary/aromatic N) is 1. The van der Waals surface area contributed by atoms with E-state index in [-0.39, 0.29) is 5.69 Å². The minimum atomic E-state index is -2.71. The van der Waals surface area contributed by atoms with Crippen LogP contribution in [-0.4, -0.2) is 4.98 Å². The molecule has 0 radical (unpaired) electrons. The first-order chi connectivity index (χ1) is 6.10. The fraction of sp³-hybridized carbons (Fsp3) is 0.500. The van der Waals surface area contributed by atoms with Gasteiger partial charge in [-0.1, -0.05) is 6.07 Å². The van der Waals surface area contributed by atoms with Crippen LogP contribution in [0.2, 0.25) is 0 Å². The number of pyridine rings is 1. The van der Waals surface area contributed by atoms with Gasteiger partial charge in [0.1, 0.15) is 5.69 Å². The molecule has 0 amide bonds. The van der Waals surface area contributed by atoms with Crippen LogP contribution in [-0.2, 0) is 5.92 Å². The zero-order valence-corrected chi connectivity index (χ0v) is 7.43. The molecule has 0 unspecified atom stereocenters. The van der Waals surface area contributed by atoms with Gasteiger partial charge in [0.15, 0.2) is 0 Å². The Bertz CT molecular complexity index is 301. The Morgan fingerprint density at radius 2 is 2.08 bits per heavy atom. The summed E-state index contributed by atoms with van der Waals surface area (Å²) in [6.07, 6.45) is 2.75. The second-order valence-electron chi connectivity index (χ2n) is 3.62. The average molecular weight is 183 g/mol. The summed E-state index contributed by atoms with van der Waals surface area (Å²) >= 11 is 0. The van der Waals surface area contributed by atoms with E-state index in [2.05, 4.69) is 4.98 Å². The first-order valence-electron chi connectivity index (χ1n) is 4.41. The van der Waals surface area contributed by atoms with Gasteiger partial charge < -0.3 is 0 Å². The molecule has 0 aromatic carbocycles. The predicted molar refractivity (Wildman–Crippen MR) is 45.6 cm³/mol. The molecule has 1 nitrogen and oxygen atoms in total. The van der Waals surface area contributed by atoms with E-state index in [1.807, 2.05) is 6.92 Å². The Morgan fingerprint density at radius 3 is 2.54 bits per heavy atom. The number of aromatic nitrogens is 1. The smallest absolute Gasteiger partial charge is 0.255 e. The molecule has 1 heterocycles. The van der Waals surface area contributed by atoms with Crippen LogP contribution in [0.1, 0.15) is 24.1 Å². The van der Waals surface area contributed by atoms with Gasteiger partial charge in [-0.3, -0.25) is 4.98 Å². The Balaban J connectivity index is 2.28. The molecule has 2 rings (SSSR count). The van der Waals surface area contributed by atoms with Gasteiger partial charge in [0, 0.05) is 12.1 Å². The molecule has 0 aliphatic heterocycles. The molecule has 0 saturated heterocycles. The Morgan fingerprint density at radius 1 is 1.38 bits per heavy atom. The third-order valence-electron chi connectivity index (χ3n) is 2.34. The van der Waals surface area contributed by atoms with Gasteiger partial charge in [-0.25, -0.2) is 0 Å². The topological polar surface area (TPSA) is 12.9 Å². The van der Waals surface area contributed by atoms with E-state index in [0.717, 1.165) is 5.56 Å². The van der Waals surface area contributed by atoms with Crippen LogP contribution in [0, 0.1) is 12.8 Å². The molecule has 1 aliphatic carbocycles. The van der Waals surface area contributed by atoms with Crippen LogP contribution in [0.4, 0.5) is 8.78 Å². The van der Waals surface area contributed by atoms with Crippen LogP contribution in [0.15, 0.2) is 18.3 Å². The minimum Gasteiger partial charge on any atom is -0.255 e. The lowest BCUT2D eigenvalue weighted by Crippen LogP contribution is -2.17. The van der Waals surface area contributed by atoms with Gasteiger partial charge in [-0.05, 0) is 31.4 Å². The summed E-state index contributed by atoms with van der Waals surface area (Å²) in [7, 11) is 0. The van der Waals surface area contributed by atoms with E-state index in [4.69, 9.17) is 0 Å². The Kier molecular flexibility index (Phi) is 1.82. The summed E-state index contributed by atoms with van der Waals surface area (Å²) in [5.41, 5.74) is 0.830. The van der Waals surface area contributed by atoms with Gasteiger partial charge in [-0.15, -0.1) is 0 Å². The zero-order valence-electron chi connectivity index (χ0n) is 7.43. The largest absolute Gasteiger partial charge is 0.292 e. The second-order valence-corrected chi connectivity index (χ2v) is 3.62. The van der Waals surface area contributed by atoms with Crippen molar-refractivity contribution in [1.29, 1.82) is 0 Å². The SMILES string of the molecule is Cc1ccc(C(F)(F)C2CC2)nc1. The molecular formula is C10H11F2N. The molecular weight excluding hydrogens is 172 g/mol. The van der Waals surface area contributed by atoms with Crippen molar-refractivity contribution in [3.8, 4) is 0 Å². The van der Waals surface area contributed by atoms with Crippen LogP contribution in [0.3, 0.4) is 0 Å². The molecule has 1 fully saturated rings. The summed E-state index contributed by atoms with van der Waals surface area (Å²) in [4.78, 5) is 3.76. The quantitative estimate of drug-likeness (QED) is 0.687. The second kappa shape index (κ2) is 2.76. The summed E-state index contributed by atoms with van der Waals surface area (Å²) in [6.45, 7) is 1.84. The molecule has 0 spiro atoms. The molecule has 3 heteroatoms. The fourth-order valence-corrected chi connectivity index (χ4v) is 1.32. The lowest BCUT2D eigenvalue weighted by Gasteiger charge is -2.14. The summed E-state index contributed by atoms with van der Waals surface area (Å²) in [5, 5.41) is 0. The Labute approximate surface area is 75.8 Å². The molecule has 0 bridgehead atoms. The van der Waals surface area contributed by atoms with E-state index in [1.165, 1.54) is 12.3 Å². The first-order valence-corrected chi connectivity index (χ1v) is 4.41. The fourth-order valence-electron chi connectivity index (χ4n) is 1.32. The van der Waals surface area contributed by atoms with Crippen molar-refractivity contribution in [1.82, 2.24) is 4.98 Å². The first kappa shape index (κ1) is 8.60. The van der Waals surface area contributed by atoms with Crippen molar-refractivity contribution in [2.75, 3.05) is 0 Å². The van der Waals surface area contributed by atoms with Gasteiger partial charge in [0.25, 0.3) is 5.92 Å². The van der Waals surface area contributed by atoms with E-state index in [9.17, 15) is 8.78 Å². The highest BCUT2D eigenvalue weighted by molar-refractivity contribution is 5.17. The van der Waals surface area contributed by atoms with Gasteiger partial charge in [0.05, 0.1) is 0 Å². The van der Waals surface area contributed by atoms with Crippen molar-refractivity contribution in [2.45, 2.75) is 25.7 Å². The highest BCUT2D eigenvalue weighted by Gasteiger charge is 2.48. The number of hydrogen-bond acceptors (Lipinski definition) is 1. The highest BCUT2D eigenvalue weighted by atomic mass is 19.3. The number of halogens is 2. The predicted octanol–water partition coefficient (Wildman–Crippen LogP) is 2.89. The maximum atomic E-state index is 13.4. The lowest BCUT2D eigenvalue weighted by molar-refractivity contribution is -0.0328. The van der Waals surface area contributed by atoms with E-state index in [1.54, 1.807) is 6.07 Å². The van der Waals surface area contributed by atoms with Crippen LogP contribution >= 0.6 is 0 Å². The molecule has 1 saturated carbocycles. The number of aryl methyl sites for hydroxylation is 1. The summed E-state index contributed by atoms with van der Waals surface area (Å²) in [5.74, 6) is -3.18. The van der Waals surface area contributed by atoms with Gasteiger partial charge in [-0.2, -0.15) is 8.78 Å². The molecule has 0 N–H and O–H groups in total. The standard InChI is InChI=1S/C10H11F2N/c1-7-2-5-9(13-6-7)10(11,12)8-3-4-8/h2,5-6,8H,3-4H2,1H3.